The van der Waals surface area contributed by atoms with Gasteiger partial charge in [-0.25, -0.2) is 12.8 Å². The van der Waals surface area contributed by atoms with Crippen LogP contribution in [-0.4, -0.2) is 14.3 Å². The van der Waals surface area contributed by atoms with E-state index in [1.165, 1.54) is 42.5 Å². The van der Waals surface area contributed by atoms with Crippen molar-refractivity contribution in [3.63, 3.8) is 0 Å². The Kier molecular flexibility index (Phi) is 5.38. The van der Waals surface area contributed by atoms with E-state index in [2.05, 4.69) is 10.0 Å². The summed E-state index contributed by atoms with van der Waals surface area (Å²) < 4.78 is 40.6. The SMILES string of the molecule is N#Cc1ccc(NC(=O)c2ccc(S(=O)(=O)Nc3ccccc3F)cc2)cc1. The molecule has 0 heterocycles. The van der Waals surface area contributed by atoms with Crippen LogP contribution >= 0.6 is 0 Å². The Labute approximate surface area is 161 Å². The first-order valence-corrected chi connectivity index (χ1v) is 9.56. The third-order valence-corrected chi connectivity index (χ3v) is 5.20. The van der Waals surface area contributed by atoms with Crippen LogP contribution in [0.4, 0.5) is 15.8 Å². The van der Waals surface area contributed by atoms with Crippen molar-refractivity contribution in [3.8, 4) is 6.07 Å². The molecule has 0 aromatic heterocycles. The second-order valence-electron chi connectivity index (χ2n) is 5.75. The van der Waals surface area contributed by atoms with Crippen molar-refractivity contribution in [2.24, 2.45) is 0 Å². The molecular weight excluding hydrogens is 381 g/mol. The standard InChI is InChI=1S/C20H14FN3O3S/c21-18-3-1-2-4-19(18)24-28(26,27)17-11-7-15(8-12-17)20(25)23-16-9-5-14(13-22)6-10-16/h1-12,24H,(H,23,25). The second kappa shape index (κ2) is 7.90. The van der Waals surface area contributed by atoms with Crippen LogP contribution in [0, 0.1) is 17.1 Å². The molecule has 28 heavy (non-hydrogen) atoms. The summed E-state index contributed by atoms with van der Waals surface area (Å²) in [5.41, 5.74) is 1.05. The maximum absolute atomic E-state index is 13.7. The molecule has 6 nitrogen and oxygen atoms in total. The molecule has 2 N–H and O–H groups in total. The average Bonchev–Trinajstić information content (AvgIpc) is 2.70. The zero-order valence-corrected chi connectivity index (χ0v) is 15.2. The minimum Gasteiger partial charge on any atom is -0.322 e. The zero-order valence-electron chi connectivity index (χ0n) is 14.4. The van der Waals surface area contributed by atoms with E-state index in [-0.39, 0.29) is 16.1 Å². The molecule has 0 aliphatic carbocycles. The maximum Gasteiger partial charge on any atom is 0.261 e. The van der Waals surface area contributed by atoms with E-state index in [1.807, 2.05) is 6.07 Å². The summed E-state index contributed by atoms with van der Waals surface area (Å²) in [7, 11) is -4.00. The Bertz CT molecular complexity index is 1150. The Morgan fingerprint density at radius 2 is 1.57 bits per heavy atom. The Morgan fingerprint density at radius 3 is 2.18 bits per heavy atom. The highest BCUT2D eigenvalue weighted by Gasteiger charge is 2.17. The van der Waals surface area contributed by atoms with Gasteiger partial charge in [0.1, 0.15) is 5.82 Å². The van der Waals surface area contributed by atoms with Crippen molar-refractivity contribution >= 4 is 27.3 Å². The van der Waals surface area contributed by atoms with E-state index in [4.69, 9.17) is 5.26 Å². The molecule has 0 aliphatic heterocycles. The summed E-state index contributed by atoms with van der Waals surface area (Å²) >= 11 is 0. The highest BCUT2D eigenvalue weighted by molar-refractivity contribution is 7.92. The van der Waals surface area contributed by atoms with Gasteiger partial charge >= 0.3 is 0 Å². The van der Waals surface area contributed by atoms with Crippen molar-refractivity contribution in [3.05, 3.63) is 89.7 Å². The molecule has 0 atom stereocenters. The van der Waals surface area contributed by atoms with Crippen LogP contribution < -0.4 is 10.0 Å². The van der Waals surface area contributed by atoms with E-state index in [1.54, 1.807) is 24.3 Å². The molecule has 3 rings (SSSR count). The lowest BCUT2D eigenvalue weighted by molar-refractivity contribution is 0.102. The molecule has 3 aromatic rings. The van der Waals surface area contributed by atoms with Gasteiger partial charge in [0.05, 0.1) is 22.2 Å². The van der Waals surface area contributed by atoms with Gasteiger partial charge in [-0.15, -0.1) is 0 Å². The van der Waals surface area contributed by atoms with Gasteiger partial charge in [-0.1, -0.05) is 12.1 Å². The number of sulfonamides is 1. The first-order valence-electron chi connectivity index (χ1n) is 8.08. The Hall–Kier alpha value is -3.70. The van der Waals surface area contributed by atoms with Crippen molar-refractivity contribution in [1.82, 2.24) is 0 Å². The molecule has 0 spiro atoms. The topological polar surface area (TPSA) is 99.1 Å². The number of hydrogen-bond acceptors (Lipinski definition) is 4. The quantitative estimate of drug-likeness (QED) is 0.687. The molecular formula is C20H14FN3O3S. The van der Waals surface area contributed by atoms with Crippen molar-refractivity contribution in [2.45, 2.75) is 4.90 Å². The summed E-state index contributed by atoms with van der Waals surface area (Å²) in [5, 5.41) is 11.4. The van der Waals surface area contributed by atoms with E-state index in [9.17, 15) is 17.6 Å². The van der Waals surface area contributed by atoms with Crippen molar-refractivity contribution < 1.29 is 17.6 Å². The van der Waals surface area contributed by atoms with Crippen LogP contribution in [0.1, 0.15) is 15.9 Å². The van der Waals surface area contributed by atoms with Gasteiger partial charge < -0.3 is 5.32 Å². The highest BCUT2D eigenvalue weighted by atomic mass is 32.2. The number of hydrogen-bond donors (Lipinski definition) is 2. The maximum atomic E-state index is 13.7. The molecule has 0 saturated carbocycles. The zero-order chi connectivity index (χ0) is 20.1. The lowest BCUT2D eigenvalue weighted by Crippen LogP contribution is -2.15. The highest BCUT2D eigenvalue weighted by Crippen LogP contribution is 2.19. The molecule has 0 radical (unpaired) electrons. The smallest absolute Gasteiger partial charge is 0.261 e. The normalized spacial score (nSPS) is 10.7. The number of rotatable bonds is 5. The molecule has 0 unspecified atom stereocenters. The lowest BCUT2D eigenvalue weighted by Gasteiger charge is -2.10. The molecule has 0 aliphatic rings. The molecule has 8 heteroatoms. The van der Waals surface area contributed by atoms with E-state index in [0.29, 0.717) is 11.3 Å². The van der Waals surface area contributed by atoms with Gasteiger partial charge in [0, 0.05) is 11.3 Å². The molecule has 140 valence electrons. The van der Waals surface area contributed by atoms with Gasteiger partial charge in [-0.3, -0.25) is 9.52 Å². The average molecular weight is 395 g/mol. The van der Waals surface area contributed by atoms with Crippen molar-refractivity contribution in [2.75, 3.05) is 10.0 Å². The van der Waals surface area contributed by atoms with Gasteiger partial charge in [0.25, 0.3) is 15.9 Å². The molecule has 3 aromatic carbocycles. The monoisotopic (exact) mass is 395 g/mol. The van der Waals surface area contributed by atoms with Crippen molar-refractivity contribution in [1.29, 1.82) is 5.26 Å². The van der Waals surface area contributed by atoms with Gasteiger partial charge in [0.15, 0.2) is 0 Å². The van der Waals surface area contributed by atoms with E-state index < -0.39 is 21.7 Å². The number of carbonyl (C=O) groups excluding carboxylic acids is 1. The third-order valence-electron chi connectivity index (χ3n) is 3.82. The summed E-state index contributed by atoms with van der Waals surface area (Å²) in [6, 6.07) is 19.0. The fraction of sp³-hybridized carbons (Fsp3) is 0. The van der Waals surface area contributed by atoms with Gasteiger partial charge in [0.2, 0.25) is 0 Å². The molecule has 0 fully saturated rings. The number of benzene rings is 3. The number of amides is 1. The Balaban J connectivity index is 1.74. The van der Waals surface area contributed by atoms with Crippen LogP contribution in [-0.2, 0) is 10.0 Å². The first kappa shape index (κ1) is 19.1. The number of nitriles is 1. The van der Waals surface area contributed by atoms with Crippen LogP contribution in [0.3, 0.4) is 0 Å². The predicted molar refractivity (Wildman–Crippen MR) is 103 cm³/mol. The summed E-state index contributed by atoms with van der Waals surface area (Å²) in [6.45, 7) is 0. The molecule has 0 bridgehead atoms. The lowest BCUT2D eigenvalue weighted by atomic mass is 10.2. The first-order chi connectivity index (χ1) is 13.4. The minimum atomic E-state index is -4.00. The summed E-state index contributed by atoms with van der Waals surface area (Å²) in [4.78, 5) is 12.2. The van der Waals surface area contributed by atoms with Gasteiger partial charge in [-0.05, 0) is 60.7 Å². The fourth-order valence-electron chi connectivity index (χ4n) is 2.36. The van der Waals surface area contributed by atoms with Crippen LogP contribution in [0.15, 0.2) is 77.7 Å². The number of halogens is 1. The third kappa shape index (κ3) is 4.34. The fourth-order valence-corrected chi connectivity index (χ4v) is 3.43. The van der Waals surface area contributed by atoms with Gasteiger partial charge in [-0.2, -0.15) is 5.26 Å². The summed E-state index contributed by atoms with van der Waals surface area (Å²) in [5.74, 6) is -1.12. The molecule has 0 saturated heterocycles. The number of nitrogens with one attached hydrogen (secondary N) is 2. The van der Waals surface area contributed by atoms with Crippen LogP contribution in [0.2, 0.25) is 0 Å². The van der Waals surface area contributed by atoms with Crippen LogP contribution in [0.25, 0.3) is 0 Å². The number of carbonyl (C=O) groups is 1. The number of nitrogens with zero attached hydrogens (tertiary/aromatic N) is 1. The van der Waals surface area contributed by atoms with E-state index in [0.717, 1.165) is 6.07 Å². The number of para-hydroxylation sites is 1. The second-order valence-corrected chi connectivity index (χ2v) is 7.44. The predicted octanol–water partition coefficient (Wildman–Crippen LogP) is 3.75. The van der Waals surface area contributed by atoms with E-state index >= 15 is 0 Å². The minimum absolute atomic E-state index is 0.106. The summed E-state index contributed by atoms with van der Waals surface area (Å²) in [6.07, 6.45) is 0. The largest absolute Gasteiger partial charge is 0.322 e. The van der Waals surface area contributed by atoms with Crippen LogP contribution in [0.5, 0.6) is 0 Å². The number of anilines is 2. The Morgan fingerprint density at radius 1 is 0.929 bits per heavy atom. The molecule has 1 amide bonds.